The molecule has 0 fully saturated rings. The van der Waals surface area contributed by atoms with E-state index in [0.717, 1.165) is 0 Å². The van der Waals surface area contributed by atoms with Gasteiger partial charge in [0, 0.05) is 6.07 Å². The van der Waals surface area contributed by atoms with Crippen LogP contribution in [0.25, 0.3) is 0 Å². The molecule has 0 N–H and O–H groups in total. The summed E-state index contributed by atoms with van der Waals surface area (Å²) in [6.07, 6.45) is 3.07. The van der Waals surface area contributed by atoms with Gasteiger partial charge >= 0.3 is 0 Å². The van der Waals surface area contributed by atoms with Crippen LogP contribution < -0.4 is 14.3 Å². The highest BCUT2D eigenvalue weighted by atomic mass is 16.7. The second-order valence-electron chi connectivity index (χ2n) is 2.93. The predicted octanol–water partition coefficient (Wildman–Crippen LogP) is 1.54. The minimum Gasteiger partial charge on any atom is -0.493 e. The summed E-state index contributed by atoms with van der Waals surface area (Å²) >= 11 is 0. The second-order valence-corrected chi connectivity index (χ2v) is 2.93. The topological polar surface area (TPSA) is 45.5 Å². The fourth-order valence-electron chi connectivity index (χ4n) is 1.30. The van der Waals surface area contributed by atoms with Gasteiger partial charge in [-0.3, -0.25) is 0 Å². The molecule has 1 aromatic heterocycles. The molecule has 1 aromatic carbocycles. The van der Waals surface area contributed by atoms with Crippen LogP contribution in [0.3, 0.4) is 0 Å². The molecule has 16 heavy (non-hydrogen) atoms. The Morgan fingerprint density at radius 2 is 2.00 bits per heavy atom. The molecule has 0 aliphatic carbocycles. The highest BCUT2D eigenvalue weighted by molar-refractivity contribution is 5.50. The summed E-state index contributed by atoms with van der Waals surface area (Å²) in [5.41, 5.74) is 0. The summed E-state index contributed by atoms with van der Waals surface area (Å²) in [7, 11) is 3.13. The van der Waals surface area contributed by atoms with Gasteiger partial charge in [0.2, 0.25) is 11.5 Å². The van der Waals surface area contributed by atoms with E-state index in [1.165, 1.54) is 11.0 Å². The average molecular weight is 219 g/mol. The Kier molecular flexibility index (Phi) is 2.95. The van der Waals surface area contributed by atoms with Crippen molar-refractivity contribution in [1.29, 1.82) is 0 Å². The molecule has 0 amide bonds. The molecular formula is C11H11N2O3. The van der Waals surface area contributed by atoms with Gasteiger partial charge in [0.15, 0.2) is 5.75 Å². The van der Waals surface area contributed by atoms with Crippen LogP contribution in [0.5, 0.6) is 17.2 Å². The summed E-state index contributed by atoms with van der Waals surface area (Å²) in [5, 5.41) is 3.88. The molecule has 0 aliphatic heterocycles. The lowest BCUT2D eigenvalue weighted by atomic mass is 10.3. The number of methoxy groups -OCH3 is 2. The Balaban J connectivity index is 2.33. The van der Waals surface area contributed by atoms with Crippen molar-refractivity contribution >= 4 is 0 Å². The predicted molar refractivity (Wildman–Crippen MR) is 56.6 cm³/mol. The number of hydrogen-bond acceptors (Lipinski definition) is 4. The lowest BCUT2D eigenvalue weighted by Gasteiger charge is -2.12. The smallest absolute Gasteiger partial charge is 0.206 e. The zero-order valence-corrected chi connectivity index (χ0v) is 9.01. The quantitative estimate of drug-likeness (QED) is 0.782. The van der Waals surface area contributed by atoms with Gasteiger partial charge < -0.3 is 14.3 Å². The Morgan fingerprint density at radius 3 is 2.62 bits per heavy atom. The third kappa shape index (κ3) is 1.93. The standard InChI is InChI=1S/C11H11N2O3/c1-14-9-5-3-6-10(11(9)15-2)16-13-8-4-7-12-13/h3,5-8H,1-2H3. The number of para-hydroxylation sites is 1. The summed E-state index contributed by atoms with van der Waals surface area (Å²) in [5.74, 6) is 1.66. The van der Waals surface area contributed by atoms with Crippen molar-refractivity contribution < 1.29 is 14.3 Å². The van der Waals surface area contributed by atoms with Crippen LogP contribution in [0, 0.1) is 6.07 Å². The van der Waals surface area contributed by atoms with Crippen LogP contribution in [0.2, 0.25) is 0 Å². The van der Waals surface area contributed by atoms with E-state index in [-0.39, 0.29) is 0 Å². The van der Waals surface area contributed by atoms with E-state index in [1.54, 1.807) is 32.5 Å². The van der Waals surface area contributed by atoms with Crippen LogP contribution in [-0.4, -0.2) is 24.2 Å². The van der Waals surface area contributed by atoms with E-state index in [4.69, 9.17) is 14.3 Å². The van der Waals surface area contributed by atoms with E-state index >= 15 is 0 Å². The number of rotatable bonds is 4. The first-order valence-corrected chi connectivity index (χ1v) is 4.65. The van der Waals surface area contributed by atoms with Crippen LogP contribution >= 0.6 is 0 Å². The number of hydrogen-bond donors (Lipinski definition) is 0. The zero-order valence-electron chi connectivity index (χ0n) is 9.01. The van der Waals surface area contributed by atoms with Gasteiger partial charge in [-0.2, -0.15) is 0 Å². The Morgan fingerprint density at radius 1 is 1.19 bits per heavy atom. The molecule has 0 saturated heterocycles. The maximum absolute atomic E-state index is 5.45. The van der Waals surface area contributed by atoms with Crippen molar-refractivity contribution in [1.82, 2.24) is 9.94 Å². The fraction of sp³-hybridized carbons (Fsp3) is 0.182. The minimum absolute atomic E-state index is 0.527. The molecule has 0 bridgehead atoms. The lowest BCUT2D eigenvalue weighted by Crippen LogP contribution is -2.06. The molecule has 0 aliphatic rings. The van der Waals surface area contributed by atoms with Crippen LogP contribution in [-0.2, 0) is 0 Å². The molecule has 5 nitrogen and oxygen atoms in total. The van der Waals surface area contributed by atoms with E-state index in [0.29, 0.717) is 17.2 Å². The van der Waals surface area contributed by atoms with E-state index < -0.39 is 0 Å². The lowest BCUT2D eigenvalue weighted by molar-refractivity contribution is 0.169. The number of nitrogens with zero attached hydrogens (tertiary/aromatic N) is 2. The zero-order chi connectivity index (χ0) is 11.4. The Bertz CT molecular complexity index is 454. The Hall–Kier alpha value is -2.17. The van der Waals surface area contributed by atoms with Crippen molar-refractivity contribution in [3.63, 3.8) is 0 Å². The highest BCUT2D eigenvalue weighted by Crippen LogP contribution is 2.36. The number of benzene rings is 1. The largest absolute Gasteiger partial charge is 0.493 e. The van der Waals surface area contributed by atoms with Gasteiger partial charge in [0.25, 0.3) is 0 Å². The molecule has 5 heteroatoms. The summed E-state index contributed by atoms with van der Waals surface area (Å²) in [6.45, 7) is 0. The molecule has 1 heterocycles. The molecule has 2 rings (SSSR count). The molecule has 83 valence electrons. The molecule has 0 unspecified atom stereocenters. The van der Waals surface area contributed by atoms with Crippen molar-refractivity contribution in [3.05, 3.63) is 36.7 Å². The maximum Gasteiger partial charge on any atom is 0.206 e. The van der Waals surface area contributed by atoms with Crippen molar-refractivity contribution in [2.75, 3.05) is 14.2 Å². The third-order valence-electron chi connectivity index (χ3n) is 1.99. The first kappa shape index (κ1) is 10.4. The summed E-state index contributed by atoms with van der Waals surface area (Å²) in [4.78, 5) is 6.74. The van der Waals surface area contributed by atoms with E-state index in [2.05, 4.69) is 11.2 Å². The monoisotopic (exact) mass is 219 g/mol. The molecule has 0 atom stereocenters. The first-order chi connectivity index (χ1) is 7.85. The molecule has 2 aromatic rings. The summed E-state index contributed by atoms with van der Waals surface area (Å²) < 4.78 is 10.4. The van der Waals surface area contributed by atoms with Gasteiger partial charge in [0.1, 0.15) is 0 Å². The van der Waals surface area contributed by atoms with Gasteiger partial charge in [-0.15, -0.1) is 5.10 Å². The second kappa shape index (κ2) is 4.57. The highest BCUT2D eigenvalue weighted by Gasteiger charge is 2.11. The normalized spacial score (nSPS) is 9.88. The summed E-state index contributed by atoms with van der Waals surface area (Å²) in [6, 6.07) is 8.14. The SMILES string of the molecule is COc1cccc(On2c[c]cn2)c1OC. The molecule has 0 spiro atoms. The molecule has 1 radical (unpaired) electrons. The van der Waals surface area contributed by atoms with Crippen molar-refractivity contribution in [3.8, 4) is 17.2 Å². The fourth-order valence-corrected chi connectivity index (χ4v) is 1.30. The van der Waals surface area contributed by atoms with Gasteiger partial charge in [-0.25, -0.2) is 0 Å². The van der Waals surface area contributed by atoms with Gasteiger partial charge in [-0.1, -0.05) is 10.9 Å². The van der Waals surface area contributed by atoms with Crippen molar-refractivity contribution in [2.24, 2.45) is 0 Å². The van der Waals surface area contributed by atoms with Gasteiger partial charge in [0.05, 0.1) is 26.6 Å². The van der Waals surface area contributed by atoms with Crippen LogP contribution in [0.1, 0.15) is 0 Å². The van der Waals surface area contributed by atoms with E-state index in [9.17, 15) is 0 Å². The van der Waals surface area contributed by atoms with Crippen LogP contribution in [0.4, 0.5) is 0 Å². The first-order valence-electron chi connectivity index (χ1n) is 4.65. The molecular weight excluding hydrogens is 208 g/mol. The maximum atomic E-state index is 5.45. The number of ether oxygens (including phenoxy) is 2. The van der Waals surface area contributed by atoms with Crippen molar-refractivity contribution in [2.45, 2.75) is 0 Å². The van der Waals surface area contributed by atoms with Crippen LogP contribution in [0.15, 0.2) is 30.6 Å². The average Bonchev–Trinajstić information content (AvgIpc) is 2.81. The Labute approximate surface area is 93.1 Å². The molecule has 0 saturated carbocycles. The number of aromatic nitrogens is 2. The minimum atomic E-state index is 0.527. The third-order valence-corrected chi connectivity index (χ3v) is 1.99. The van der Waals surface area contributed by atoms with Gasteiger partial charge in [-0.05, 0) is 12.1 Å². The van der Waals surface area contributed by atoms with E-state index in [1.807, 2.05) is 6.07 Å².